The molecule has 2 saturated heterocycles. The van der Waals surface area contributed by atoms with Gasteiger partial charge in [0, 0.05) is 11.7 Å². The average molecular weight is 231 g/mol. The monoisotopic (exact) mass is 231 g/mol. The molecule has 94 valence electrons. The molecule has 0 spiro atoms. The molecular formula is C16H25N. The van der Waals surface area contributed by atoms with Crippen LogP contribution in [0.2, 0.25) is 0 Å². The van der Waals surface area contributed by atoms with Gasteiger partial charge >= 0.3 is 0 Å². The Hall–Kier alpha value is -0.460. The minimum Gasteiger partial charge on any atom is -0.362 e. The molecule has 1 heteroatoms. The molecule has 0 radical (unpaired) electrons. The number of fused-ring (bicyclic) bond motifs is 5. The highest BCUT2D eigenvalue weighted by Gasteiger charge is 2.75. The molecule has 4 aliphatic rings. The maximum Gasteiger partial charge on any atom is 0.0689 e. The van der Waals surface area contributed by atoms with Crippen LogP contribution in [0.1, 0.15) is 46.5 Å². The van der Waals surface area contributed by atoms with Crippen LogP contribution in [0.15, 0.2) is 12.3 Å². The van der Waals surface area contributed by atoms with E-state index in [9.17, 15) is 0 Å². The zero-order valence-electron chi connectivity index (χ0n) is 11.4. The lowest BCUT2D eigenvalue weighted by atomic mass is 9.86. The Kier molecular flexibility index (Phi) is 1.80. The Balaban J connectivity index is 1.52. The highest BCUT2D eigenvalue weighted by atomic mass is 15.4. The summed E-state index contributed by atoms with van der Waals surface area (Å²) in [6.45, 7) is 11.6. The fourth-order valence-corrected chi connectivity index (χ4v) is 5.47. The van der Waals surface area contributed by atoms with Crippen molar-refractivity contribution in [2.45, 2.75) is 58.5 Å². The van der Waals surface area contributed by atoms with Crippen LogP contribution in [0.5, 0.6) is 0 Å². The van der Waals surface area contributed by atoms with E-state index < -0.39 is 0 Å². The van der Waals surface area contributed by atoms with Gasteiger partial charge in [0.25, 0.3) is 0 Å². The fraction of sp³-hybridized carbons (Fsp3) is 0.875. The number of nitrogens with zero attached hydrogens (tertiary/aromatic N) is 1. The van der Waals surface area contributed by atoms with Crippen LogP contribution in [0.3, 0.4) is 0 Å². The average Bonchev–Trinajstić information content (AvgIpc) is 2.92. The van der Waals surface area contributed by atoms with Crippen molar-refractivity contribution in [2.24, 2.45) is 29.1 Å². The second kappa shape index (κ2) is 2.92. The SMILES string of the molecule is C=C1[C@@H]2CC3CC4(C)C(CC(C)CC)C4C3N12. The van der Waals surface area contributed by atoms with Gasteiger partial charge in [-0.05, 0) is 48.3 Å². The Morgan fingerprint density at radius 1 is 1.53 bits per heavy atom. The molecule has 2 heterocycles. The number of hydrogen-bond acceptors (Lipinski definition) is 1. The Morgan fingerprint density at radius 2 is 2.29 bits per heavy atom. The molecule has 7 atom stereocenters. The van der Waals surface area contributed by atoms with E-state index in [1.807, 2.05) is 0 Å². The molecule has 0 aromatic carbocycles. The van der Waals surface area contributed by atoms with E-state index in [0.29, 0.717) is 5.41 Å². The zero-order chi connectivity index (χ0) is 11.9. The lowest BCUT2D eigenvalue weighted by Crippen LogP contribution is -2.24. The van der Waals surface area contributed by atoms with Crippen molar-refractivity contribution < 1.29 is 0 Å². The second-order valence-electron chi connectivity index (χ2n) is 7.49. The highest BCUT2D eigenvalue weighted by Crippen LogP contribution is 2.76. The normalized spacial score (nSPS) is 55.4. The van der Waals surface area contributed by atoms with Gasteiger partial charge < -0.3 is 4.90 Å². The molecular weight excluding hydrogens is 206 g/mol. The molecule has 2 aliphatic carbocycles. The molecule has 0 aromatic heterocycles. The maximum atomic E-state index is 4.22. The predicted molar refractivity (Wildman–Crippen MR) is 70.4 cm³/mol. The smallest absolute Gasteiger partial charge is 0.0689 e. The van der Waals surface area contributed by atoms with Crippen LogP contribution in [-0.2, 0) is 0 Å². The first-order chi connectivity index (χ1) is 8.08. The third-order valence-corrected chi connectivity index (χ3v) is 6.67. The molecule has 6 unspecified atom stereocenters. The minimum absolute atomic E-state index is 0.715. The van der Waals surface area contributed by atoms with E-state index >= 15 is 0 Å². The molecule has 2 aliphatic heterocycles. The molecule has 0 aromatic rings. The van der Waals surface area contributed by atoms with Crippen molar-refractivity contribution in [2.75, 3.05) is 0 Å². The summed E-state index contributed by atoms with van der Waals surface area (Å²) >= 11 is 0. The van der Waals surface area contributed by atoms with E-state index in [4.69, 9.17) is 0 Å². The van der Waals surface area contributed by atoms with Crippen molar-refractivity contribution in [1.82, 2.24) is 4.90 Å². The predicted octanol–water partition coefficient (Wildman–Crippen LogP) is 3.67. The van der Waals surface area contributed by atoms with Crippen LogP contribution in [-0.4, -0.2) is 17.0 Å². The van der Waals surface area contributed by atoms with Gasteiger partial charge in [0.1, 0.15) is 0 Å². The van der Waals surface area contributed by atoms with Gasteiger partial charge in [0.15, 0.2) is 0 Å². The second-order valence-corrected chi connectivity index (χ2v) is 7.49. The Bertz CT molecular complexity index is 387. The van der Waals surface area contributed by atoms with Gasteiger partial charge in [-0.25, -0.2) is 0 Å². The van der Waals surface area contributed by atoms with Gasteiger partial charge in [-0.3, -0.25) is 0 Å². The van der Waals surface area contributed by atoms with Crippen molar-refractivity contribution >= 4 is 0 Å². The lowest BCUT2D eigenvalue weighted by molar-refractivity contribution is 0.293. The molecule has 4 rings (SSSR count). The Labute approximate surface area is 105 Å². The summed E-state index contributed by atoms with van der Waals surface area (Å²) in [7, 11) is 0. The molecule has 0 amide bonds. The summed E-state index contributed by atoms with van der Waals surface area (Å²) in [5.74, 6) is 4.00. The molecule has 0 bridgehead atoms. The Morgan fingerprint density at radius 3 is 3.00 bits per heavy atom. The first-order valence-electron chi connectivity index (χ1n) is 7.55. The van der Waals surface area contributed by atoms with Crippen LogP contribution < -0.4 is 0 Å². The highest BCUT2D eigenvalue weighted by molar-refractivity contribution is 5.36. The molecule has 17 heavy (non-hydrogen) atoms. The standard InChI is InChI=1S/C16H25N/c1-5-9(2)6-12-14-15-11(8-16(12,14)4)7-13-10(3)17(13)15/h9,11-15H,3,5-8H2,1-2,4H3/t9?,11?,12?,13-,14?,15?,16?,17?/m0/s1. The van der Waals surface area contributed by atoms with E-state index in [2.05, 4.69) is 32.3 Å². The quantitative estimate of drug-likeness (QED) is 0.670. The first kappa shape index (κ1) is 10.5. The van der Waals surface area contributed by atoms with Crippen LogP contribution in [0.4, 0.5) is 0 Å². The van der Waals surface area contributed by atoms with Crippen LogP contribution in [0, 0.1) is 29.1 Å². The molecule has 4 fully saturated rings. The van der Waals surface area contributed by atoms with Gasteiger partial charge in [-0.15, -0.1) is 0 Å². The summed E-state index contributed by atoms with van der Waals surface area (Å²) in [5.41, 5.74) is 2.18. The molecule has 2 saturated carbocycles. The van der Waals surface area contributed by atoms with E-state index in [0.717, 1.165) is 35.8 Å². The van der Waals surface area contributed by atoms with E-state index in [1.165, 1.54) is 31.4 Å². The summed E-state index contributed by atoms with van der Waals surface area (Å²) < 4.78 is 0. The zero-order valence-corrected chi connectivity index (χ0v) is 11.4. The van der Waals surface area contributed by atoms with Gasteiger partial charge in [0.2, 0.25) is 0 Å². The van der Waals surface area contributed by atoms with Crippen molar-refractivity contribution in [3.05, 3.63) is 12.3 Å². The molecule has 1 nitrogen and oxygen atoms in total. The summed E-state index contributed by atoms with van der Waals surface area (Å²) in [5, 5.41) is 0. The van der Waals surface area contributed by atoms with E-state index in [-0.39, 0.29) is 0 Å². The van der Waals surface area contributed by atoms with Gasteiger partial charge in [-0.1, -0.05) is 33.8 Å². The van der Waals surface area contributed by atoms with Gasteiger partial charge in [0.05, 0.1) is 6.04 Å². The van der Waals surface area contributed by atoms with Crippen molar-refractivity contribution in [3.63, 3.8) is 0 Å². The lowest BCUT2D eigenvalue weighted by Gasteiger charge is -2.22. The largest absolute Gasteiger partial charge is 0.362 e. The van der Waals surface area contributed by atoms with Crippen LogP contribution >= 0.6 is 0 Å². The summed E-state index contributed by atoms with van der Waals surface area (Å²) in [4.78, 5) is 2.68. The molecule has 0 N–H and O–H groups in total. The third-order valence-electron chi connectivity index (χ3n) is 6.67. The number of piperidine rings is 1. The number of rotatable bonds is 3. The summed E-state index contributed by atoms with van der Waals surface area (Å²) in [6, 6.07) is 1.71. The van der Waals surface area contributed by atoms with Crippen molar-refractivity contribution in [3.8, 4) is 0 Å². The summed E-state index contributed by atoms with van der Waals surface area (Å²) in [6.07, 6.45) is 5.79. The number of hydrogen-bond donors (Lipinski definition) is 0. The topological polar surface area (TPSA) is 3.01 Å². The third kappa shape index (κ3) is 1.12. The van der Waals surface area contributed by atoms with Crippen molar-refractivity contribution in [1.29, 1.82) is 0 Å². The fourth-order valence-electron chi connectivity index (χ4n) is 5.47. The minimum atomic E-state index is 0.715. The van der Waals surface area contributed by atoms with Gasteiger partial charge in [-0.2, -0.15) is 0 Å². The van der Waals surface area contributed by atoms with E-state index in [1.54, 1.807) is 0 Å². The van der Waals surface area contributed by atoms with Crippen LogP contribution in [0.25, 0.3) is 0 Å². The first-order valence-corrected chi connectivity index (χ1v) is 7.55. The maximum absolute atomic E-state index is 4.22.